The third-order valence-corrected chi connectivity index (χ3v) is 2.88. The first kappa shape index (κ1) is 14.3. The highest BCUT2D eigenvalue weighted by Crippen LogP contribution is 2.26. The number of nitrogens with one attached hydrogen (secondary N) is 1. The SMILES string of the molecule is CC(C)(C)OC(=O)C1=C(c2ccccc2)NC(=O)CC1. The van der Waals surface area contributed by atoms with E-state index in [-0.39, 0.29) is 11.9 Å². The van der Waals surface area contributed by atoms with Gasteiger partial charge in [-0.25, -0.2) is 4.79 Å². The number of benzene rings is 1. The smallest absolute Gasteiger partial charge is 0.336 e. The van der Waals surface area contributed by atoms with Crippen LogP contribution in [0.1, 0.15) is 39.2 Å². The van der Waals surface area contributed by atoms with Crippen LogP contribution < -0.4 is 5.32 Å². The minimum atomic E-state index is -0.548. The molecule has 0 saturated heterocycles. The Kier molecular flexibility index (Phi) is 3.93. The van der Waals surface area contributed by atoms with Crippen LogP contribution in [0.3, 0.4) is 0 Å². The zero-order chi connectivity index (χ0) is 14.8. The van der Waals surface area contributed by atoms with Gasteiger partial charge in [0.2, 0.25) is 5.91 Å². The van der Waals surface area contributed by atoms with Crippen LogP contribution in [0.4, 0.5) is 0 Å². The van der Waals surface area contributed by atoms with Crippen LogP contribution in [0, 0.1) is 0 Å². The Bertz CT molecular complexity index is 553. The van der Waals surface area contributed by atoms with Crippen molar-refractivity contribution in [2.24, 2.45) is 0 Å². The predicted molar refractivity (Wildman–Crippen MR) is 76.6 cm³/mol. The minimum absolute atomic E-state index is 0.0730. The fraction of sp³-hybridized carbons (Fsp3) is 0.375. The van der Waals surface area contributed by atoms with Gasteiger partial charge in [0.15, 0.2) is 0 Å². The summed E-state index contributed by atoms with van der Waals surface area (Å²) < 4.78 is 5.42. The standard InChI is InChI=1S/C16H19NO3/c1-16(2,3)20-15(19)12-9-10-13(18)17-14(12)11-7-5-4-6-8-11/h4-8H,9-10H2,1-3H3,(H,17,18). The summed E-state index contributed by atoms with van der Waals surface area (Å²) >= 11 is 0. The Balaban J connectivity index is 2.38. The second-order valence-electron chi connectivity index (χ2n) is 5.77. The van der Waals surface area contributed by atoms with E-state index in [1.54, 1.807) is 0 Å². The molecule has 4 nitrogen and oxygen atoms in total. The highest BCUT2D eigenvalue weighted by Gasteiger charge is 2.27. The topological polar surface area (TPSA) is 55.4 Å². The molecule has 1 aromatic rings. The number of hydrogen-bond acceptors (Lipinski definition) is 3. The maximum absolute atomic E-state index is 12.3. The van der Waals surface area contributed by atoms with E-state index < -0.39 is 5.60 Å². The minimum Gasteiger partial charge on any atom is -0.457 e. The maximum Gasteiger partial charge on any atom is 0.336 e. The maximum atomic E-state index is 12.3. The number of ether oxygens (including phenoxy) is 1. The molecule has 0 atom stereocenters. The number of amides is 1. The molecule has 4 heteroatoms. The first-order valence-electron chi connectivity index (χ1n) is 6.68. The lowest BCUT2D eigenvalue weighted by atomic mass is 9.98. The number of carbonyl (C=O) groups excluding carboxylic acids is 2. The summed E-state index contributed by atoms with van der Waals surface area (Å²) in [6.07, 6.45) is 0.718. The number of carbonyl (C=O) groups is 2. The third-order valence-electron chi connectivity index (χ3n) is 2.88. The lowest BCUT2D eigenvalue weighted by Gasteiger charge is -2.24. The highest BCUT2D eigenvalue weighted by atomic mass is 16.6. The molecule has 0 radical (unpaired) electrons. The van der Waals surface area contributed by atoms with Gasteiger partial charge in [0.05, 0.1) is 11.3 Å². The lowest BCUT2D eigenvalue weighted by molar-refractivity contribution is -0.150. The highest BCUT2D eigenvalue weighted by molar-refractivity contribution is 6.03. The molecule has 2 rings (SSSR count). The van der Waals surface area contributed by atoms with Gasteiger partial charge in [-0.2, -0.15) is 0 Å². The summed E-state index contributed by atoms with van der Waals surface area (Å²) in [6.45, 7) is 5.49. The first-order chi connectivity index (χ1) is 9.37. The zero-order valence-corrected chi connectivity index (χ0v) is 12.0. The number of rotatable bonds is 2. The molecule has 0 saturated carbocycles. The molecule has 0 aromatic heterocycles. The Labute approximate surface area is 118 Å². The number of hydrogen-bond donors (Lipinski definition) is 1. The summed E-state index contributed by atoms with van der Waals surface area (Å²) in [5.74, 6) is -0.437. The summed E-state index contributed by atoms with van der Waals surface area (Å²) in [6, 6.07) is 9.37. The van der Waals surface area contributed by atoms with Crippen LogP contribution in [-0.4, -0.2) is 17.5 Å². The fourth-order valence-corrected chi connectivity index (χ4v) is 2.04. The van der Waals surface area contributed by atoms with Gasteiger partial charge in [0.25, 0.3) is 0 Å². The van der Waals surface area contributed by atoms with E-state index >= 15 is 0 Å². The fourth-order valence-electron chi connectivity index (χ4n) is 2.04. The number of esters is 1. The Morgan fingerprint density at radius 2 is 1.80 bits per heavy atom. The van der Waals surface area contributed by atoms with E-state index in [0.29, 0.717) is 24.1 Å². The molecular weight excluding hydrogens is 254 g/mol. The van der Waals surface area contributed by atoms with Gasteiger partial charge in [0, 0.05) is 6.42 Å². The average molecular weight is 273 g/mol. The Morgan fingerprint density at radius 1 is 1.15 bits per heavy atom. The van der Waals surface area contributed by atoms with Crippen LogP contribution in [-0.2, 0) is 14.3 Å². The van der Waals surface area contributed by atoms with E-state index in [9.17, 15) is 9.59 Å². The quantitative estimate of drug-likeness (QED) is 0.843. The molecule has 0 fully saturated rings. The third kappa shape index (κ3) is 3.47. The van der Waals surface area contributed by atoms with Crippen molar-refractivity contribution < 1.29 is 14.3 Å². The van der Waals surface area contributed by atoms with Crippen molar-refractivity contribution in [2.75, 3.05) is 0 Å². The van der Waals surface area contributed by atoms with Gasteiger partial charge in [-0.3, -0.25) is 4.79 Å². The van der Waals surface area contributed by atoms with E-state index in [4.69, 9.17) is 4.74 Å². The van der Waals surface area contributed by atoms with Crippen molar-refractivity contribution in [3.8, 4) is 0 Å². The van der Waals surface area contributed by atoms with Gasteiger partial charge in [-0.05, 0) is 32.8 Å². The molecule has 1 aliphatic heterocycles. The van der Waals surface area contributed by atoms with Gasteiger partial charge in [-0.1, -0.05) is 30.3 Å². The van der Waals surface area contributed by atoms with Crippen LogP contribution in [0.2, 0.25) is 0 Å². The summed E-state index contributed by atoms with van der Waals surface area (Å²) in [5, 5.41) is 2.79. The molecule has 0 bridgehead atoms. The predicted octanol–water partition coefficient (Wildman–Crippen LogP) is 2.65. The van der Waals surface area contributed by atoms with Crippen LogP contribution >= 0.6 is 0 Å². The summed E-state index contributed by atoms with van der Waals surface area (Å²) in [5.41, 5.74) is 1.37. The average Bonchev–Trinajstić information content (AvgIpc) is 2.37. The molecular formula is C16H19NO3. The van der Waals surface area contributed by atoms with Crippen molar-refractivity contribution in [3.63, 3.8) is 0 Å². The monoisotopic (exact) mass is 273 g/mol. The van der Waals surface area contributed by atoms with E-state index in [2.05, 4.69) is 5.32 Å². The van der Waals surface area contributed by atoms with E-state index in [1.165, 1.54) is 0 Å². The first-order valence-corrected chi connectivity index (χ1v) is 6.68. The molecule has 0 aliphatic carbocycles. The Hall–Kier alpha value is -2.10. The Morgan fingerprint density at radius 3 is 2.40 bits per heavy atom. The molecule has 1 aliphatic rings. The van der Waals surface area contributed by atoms with E-state index in [1.807, 2.05) is 51.1 Å². The normalized spacial score (nSPS) is 15.8. The molecule has 0 unspecified atom stereocenters. The van der Waals surface area contributed by atoms with Crippen LogP contribution in [0.25, 0.3) is 5.70 Å². The summed E-state index contributed by atoms with van der Waals surface area (Å²) in [4.78, 5) is 23.9. The largest absolute Gasteiger partial charge is 0.457 e. The molecule has 1 amide bonds. The second kappa shape index (κ2) is 5.49. The molecule has 0 spiro atoms. The lowest BCUT2D eigenvalue weighted by Crippen LogP contribution is -2.32. The van der Waals surface area contributed by atoms with Gasteiger partial charge < -0.3 is 10.1 Å². The van der Waals surface area contributed by atoms with Gasteiger partial charge >= 0.3 is 5.97 Å². The zero-order valence-electron chi connectivity index (χ0n) is 12.0. The van der Waals surface area contributed by atoms with E-state index in [0.717, 1.165) is 5.56 Å². The van der Waals surface area contributed by atoms with Crippen molar-refractivity contribution in [1.29, 1.82) is 0 Å². The molecule has 1 heterocycles. The van der Waals surface area contributed by atoms with Crippen molar-refractivity contribution in [2.45, 2.75) is 39.2 Å². The summed E-state index contributed by atoms with van der Waals surface area (Å²) in [7, 11) is 0. The van der Waals surface area contributed by atoms with Gasteiger partial charge in [0.1, 0.15) is 5.60 Å². The second-order valence-corrected chi connectivity index (χ2v) is 5.77. The molecule has 1 aromatic carbocycles. The molecule has 20 heavy (non-hydrogen) atoms. The van der Waals surface area contributed by atoms with Crippen LogP contribution in [0.15, 0.2) is 35.9 Å². The molecule has 106 valence electrons. The van der Waals surface area contributed by atoms with Crippen molar-refractivity contribution in [3.05, 3.63) is 41.5 Å². The van der Waals surface area contributed by atoms with Crippen molar-refractivity contribution >= 4 is 17.6 Å². The van der Waals surface area contributed by atoms with Crippen molar-refractivity contribution in [1.82, 2.24) is 5.32 Å². The molecule has 1 N–H and O–H groups in total. The van der Waals surface area contributed by atoms with Gasteiger partial charge in [-0.15, -0.1) is 0 Å². The van der Waals surface area contributed by atoms with Crippen LogP contribution in [0.5, 0.6) is 0 Å².